The van der Waals surface area contributed by atoms with Crippen LogP contribution in [0.25, 0.3) is 0 Å². The van der Waals surface area contributed by atoms with E-state index in [4.69, 9.17) is 10.5 Å². The molecule has 0 amide bonds. The summed E-state index contributed by atoms with van der Waals surface area (Å²) in [5.41, 5.74) is 7.83. The predicted molar refractivity (Wildman–Crippen MR) is 83.0 cm³/mol. The number of nitrogens with two attached hydrogens (primary N) is 1. The lowest BCUT2D eigenvalue weighted by atomic mass is 10.1. The Balaban J connectivity index is 3.11. The van der Waals surface area contributed by atoms with Crippen LogP contribution < -0.4 is 10.6 Å². The highest BCUT2D eigenvalue weighted by atomic mass is 16.5. The van der Waals surface area contributed by atoms with Crippen LogP contribution in [0.3, 0.4) is 0 Å². The molecule has 0 spiro atoms. The summed E-state index contributed by atoms with van der Waals surface area (Å²) < 4.78 is 5.21. The maximum absolute atomic E-state index is 5.88. The third-order valence-electron chi connectivity index (χ3n) is 3.54. The Morgan fingerprint density at radius 1 is 1.35 bits per heavy atom. The van der Waals surface area contributed by atoms with Crippen LogP contribution in [0.1, 0.15) is 51.6 Å². The van der Waals surface area contributed by atoms with Crippen molar-refractivity contribution in [1.82, 2.24) is 9.97 Å². The van der Waals surface area contributed by atoms with Gasteiger partial charge in [0.05, 0.1) is 24.2 Å². The molecule has 0 saturated carbocycles. The number of hydrogen-bond acceptors (Lipinski definition) is 5. The Morgan fingerprint density at radius 2 is 2.05 bits per heavy atom. The smallest absolute Gasteiger partial charge is 0.131 e. The molecule has 20 heavy (non-hydrogen) atoms. The number of aromatic nitrogens is 2. The highest BCUT2D eigenvalue weighted by Crippen LogP contribution is 2.23. The number of rotatable bonds is 8. The third kappa shape index (κ3) is 4.15. The van der Waals surface area contributed by atoms with Gasteiger partial charge in [-0.1, -0.05) is 20.8 Å². The van der Waals surface area contributed by atoms with Gasteiger partial charge in [-0.05, 0) is 13.3 Å². The van der Waals surface area contributed by atoms with Crippen molar-refractivity contribution < 1.29 is 4.74 Å². The maximum Gasteiger partial charge on any atom is 0.131 e. The van der Waals surface area contributed by atoms with E-state index in [1.54, 1.807) is 7.11 Å². The van der Waals surface area contributed by atoms with Crippen molar-refractivity contribution in [1.29, 1.82) is 0 Å². The summed E-state index contributed by atoms with van der Waals surface area (Å²) in [6.07, 6.45) is 2.96. The van der Waals surface area contributed by atoms with Crippen LogP contribution >= 0.6 is 0 Å². The molecule has 1 rings (SSSR count). The molecule has 114 valence electrons. The second-order valence-corrected chi connectivity index (χ2v) is 5.36. The van der Waals surface area contributed by atoms with Crippen molar-refractivity contribution in [3.63, 3.8) is 0 Å². The van der Waals surface area contributed by atoms with Crippen LogP contribution in [0.5, 0.6) is 0 Å². The van der Waals surface area contributed by atoms with E-state index in [9.17, 15) is 0 Å². The fourth-order valence-electron chi connectivity index (χ4n) is 2.08. The van der Waals surface area contributed by atoms with Gasteiger partial charge in [0.25, 0.3) is 0 Å². The Kier molecular flexibility index (Phi) is 6.88. The number of nitrogens with zero attached hydrogens (tertiary/aromatic N) is 3. The molecule has 0 aliphatic rings. The minimum Gasteiger partial charge on any atom is -0.383 e. The average Bonchev–Trinajstić information content (AvgIpc) is 2.47. The number of hydrogen-bond donors (Lipinski definition) is 1. The molecular formula is C15H28N4O. The van der Waals surface area contributed by atoms with E-state index in [-0.39, 0.29) is 0 Å². The Bertz CT molecular complexity index is 409. The fourth-order valence-corrected chi connectivity index (χ4v) is 2.08. The van der Waals surface area contributed by atoms with Gasteiger partial charge in [0.2, 0.25) is 0 Å². The van der Waals surface area contributed by atoms with Crippen molar-refractivity contribution in [2.24, 2.45) is 5.73 Å². The van der Waals surface area contributed by atoms with Gasteiger partial charge in [-0.2, -0.15) is 0 Å². The zero-order chi connectivity index (χ0) is 15.1. The third-order valence-corrected chi connectivity index (χ3v) is 3.54. The molecule has 1 aromatic rings. The van der Waals surface area contributed by atoms with Crippen molar-refractivity contribution in [3.8, 4) is 0 Å². The zero-order valence-corrected chi connectivity index (χ0v) is 13.4. The summed E-state index contributed by atoms with van der Waals surface area (Å²) in [4.78, 5) is 11.4. The van der Waals surface area contributed by atoms with E-state index in [1.807, 2.05) is 6.20 Å². The quantitative estimate of drug-likeness (QED) is 0.791. The van der Waals surface area contributed by atoms with E-state index in [0.29, 0.717) is 25.1 Å². The largest absolute Gasteiger partial charge is 0.383 e. The summed E-state index contributed by atoms with van der Waals surface area (Å²) in [6, 6.07) is 0.406. The minimum atomic E-state index is 0.311. The second kappa shape index (κ2) is 8.17. The zero-order valence-electron chi connectivity index (χ0n) is 13.4. The fraction of sp³-hybridized carbons (Fsp3) is 0.733. The molecule has 0 aliphatic heterocycles. The predicted octanol–water partition coefficient (Wildman–Crippen LogP) is 2.31. The standard InChI is InChI=1S/C15H28N4O/c1-6-12(4)19(7-8-20-5)14-10-17-15(11(2)3)18-13(14)9-16/h10-12H,6-9,16H2,1-5H3. The SMILES string of the molecule is CCC(C)N(CCOC)c1cnc(C(C)C)nc1CN. The van der Waals surface area contributed by atoms with E-state index >= 15 is 0 Å². The molecule has 1 heterocycles. The molecule has 5 heteroatoms. The molecule has 0 bridgehead atoms. The minimum absolute atomic E-state index is 0.311. The van der Waals surface area contributed by atoms with E-state index in [0.717, 1.165) is 30.2 Å². The Morgan fingerprint density at radius 3 is 2.55 bits per heavy atom. The first-order valence-electron chi connectivity index (χ1n) is 7.36. The van der Waals surface area contributed by atoms with Gasteiger partial charge in [-0.15, -0.1) is 0 Å². The van der Waals surface area contributed by atoms with Crippen LogP contribution in [0.2, 0.25) is 0 Å². The van der Waals surface area contributed by atoms with E-state index < -0.39 is 0 Å². The van der Waals surface area contributed by atoms with Crippen LogP contribution in [0, 0.1) is 0 Å². The summed E-state index contributed by atoms with van der Waals surface area (Å²) >= 11 is 0. The topological polar surface area (TPSA) is 64.3 Å². The van der Waals surface area contributed by atoms with Crippen molar-refractivity contribution >= 4 is 5.69 Å². The first kappa shape index (κ1) is 16.9. The normalized spacial score (nSPS) is 12.8. The molecule has 1 aromatic heterocycles. The molecular weight excluding hydrogens is 252 g/mol. The molecule has 0 aromatic carbocycles. The van der Waals surface area contributed by atoms with Gasteiger partial charge in [-0.25, -0.2) is 9.97 Å². The summed E-state index contributed by atoms with van der Waals surface area (Å²) in [5.74, 6) is 1.16. The van der Waals surface area contributed by atoms with E-state index in [1.165, 1.54) is 0 Å². The van der Waals surface area contributed by atoms with Gasteiger partial charge >= 0.3 is 0 Å². The van der Waals surface area contributed by atoms with Gasteiger partial charge in [0, 0.05) is 32.2 Å². The average molecular weight is 280 g/mol. The number of methoxy groups -OCH3 is 1. The number of anilines is 1. The molecule has 0 saturated heterocycles. The molecule has 1 unspecified atom stereocenters. The summed E-state index contributed by atoms with van der Waals surface area (Å²) in [7, 11) is 1.72. The molecule has 1 atom stereocenters. The van der Waals surface area contributed by atoms with Gasteiger partial charge in [0.1, 0.15) is 5.82 Å². The molecule has 0 fully saturated rings. The molecule has 0 radical (unpaired) electrons. The van der Waals surface area contributed by atoms with Crippen molar-refractivity contribution in [2.45, 2.75) is 52.6 Å². The Labute approximate surface area is 122 Å². The molecule has 2 N–H and O–H groups in total. The monoisotopic (exact) mass is 280 g/mol. The van der Waals surface area contributed by atoms with Gasteiger partial charge in [0.15, 0.2) is 0 Å². The molecule has 5 nitrogen and oxygen atoms in total. The first-order chi connectivity index (χ1) is 9.54. The van der Waals surface area contributed by atoms with Crippen molar-refractivity contribution in [2.75, 3.05) is 25.2 Å². The lowest BCUT2D eigenvalue weighted by Crippen LogP contribution is -2.36. The lowest BCUT2D eigenvalue weighted by molar-refractivity contribution is 0.203. The molecule has 0 aliphatic carbocycles. The van der Waals surface area contributed by atoms with Crippen molar-refractivity contribution in [3.05, 3.63) is 17.7 Å². The van der Waals surface area contributed by atoms with E-state index in [2.05, 4.69) is 42.6 Å². The highest BCUT2D eigenvalue weighted by molar-refractivity contribution is 5.50. The second-order valence-electron chi connectivity index (χ2n) is 5.36. The van der Waals surface area contributed by atoms with Crippen LogP contribution in [0.15, 0.2) is 6.20 Å². The summed E-state index contributed by atoms with van der Waals surface area (Å²) in [5, 5.41) is 0. The van der Waals surface area contributed by atoms with Crippen LogP contribution in [-0.2, 0) is 11.3 Å². The summed E-state index contributed by atoms with van der Waals surface area (Å²) in [6.45, 7) is 10.5. The van der Waals surface area contributed by atoms with Gasteiger partial charge in [-0.3, -0.25) is 0 Å². The maximum atomic E-state index is 5.88. The van der Waals surface area contributed by atoms with Crippen LogP contribution in [0.4, 0.5) is 5.69 Å². The highest BCUT2D eigenvalue weighted by Gasteiger charge is 2.18. The van der Waals surface area contributed by atoms with Crippen LogP contribution in [-0.4, -0.2) is 36.3 Å². The van der Waals surface area contributed by atoms with Gasteiger partial charge < -0.3 is 15.4 Å². The first-order valence-corrected chi connectivity index (χ1v) is 7.36. The Hall–Kier alpha value is -1.20. The lowest BCUT2D eigenvalue weighted by Gasteiger charge is -2.31. The number of ether oxygens (including phenoxy) is 1.